The highest BCUT2D eigenvalue weighted by atomic mass is 16.6. The number of esters is 1. The Morgan fingerprint density at radius 3 is 2.91 bits per heavy atom. The average molecular weight is 326 g/mol. The van der Waals surface area contributed by atoms with Gasteiger partial charge >= 0.3 is 5.97 Å². The van der Waals surface area contributed by atoms with E-state index in [1.165, 1.54) is 12.3 Å². The first-order valence-electron chi connectivity index (χ1n) is 8.44. The summed E-state index contributed by atoms with van der Waals surface area (Å²) in [6.45, 7) is 2.86. The molecule has 6 nitrogen and oxygen atoms in total. The van der Waals surface area contributed by atoms with Crippen LogP contribution in [0.2, 0.25) is 0 Å². The molecule has 2 aliphatic heterocycles. The Bertz CT molecular complexity index is 408. The Morgan fingerprint density at radius 1 is 1.26 bits per heavy atom. The summed E-state index contributed by atoms with van der Waals surface area (Å²) in [5, 5.41) is 0. The van der Waals surface area contributed by atoms with Crippen LogP contribution in [0.5, 0.6) is 0 Å². The molecular weight excluding hydrogens is 300 g/mol. The van der Waals surface area contributed by atoms with Crippen molar-refractivity contribution < 1.29 is 28.5 Å². The number of rotatable bonds is 7. The molecule has 4 atom stereocenters. The van der Waals surface area contributed by atoms with E-state index in [9.17, 15) is 9.59 Å². The van der Waals surface area contributed by atoms with Crippen molar-refractivity contribution in [2.24, 2.45) is 0 Å². The van der Waals surface area contributed by atoms with Gasteiger partial charge in [0.1, 0.15) is 12.4 Å². The van der Waals surface area contributed by atoms with Gasteiger partial charge in [-0.05, 0) is 39.0 Å². The lowest BCUT2D eigenvalue weighted by atomic mass is 10.0. The fourth-order valence-electron chi connectivity index (χ4n) is 3.09. The van der Waals surface area contributed by atoms with Crippen LogP contribution in [0.25, 0.3) is 0 Å². The third kappa shape index (κ3) is 5.62. The second-order valence-corrected chi connectivity index (χ2v) is 5.82. The zero-order chi connectivity index (χ0) is 16.5. The zero-order valence-corrected chi connectivity index (χ0v) is 13.6. The summed E-state index contributed by atoms with van der Waals surface area (Å²) in [6, 6.07) is 0. The number of aldehydes is 1. The van der Waals surface area contributed by atoms with Crippen molar-refractivity contribution in [1.82, 2.24) is 0 Å². The first-order valence-corrected chi connectivity index (χ1v) is 8.44. The Hall–Kier alpha value is -1.40. The lowest BCUT2D eigenvalue weighted by molar-refractivity contribution is -0.139. The molecule has 6 heteroatoms. The van der Waals surface area contributed by atoms with Crippen LogP contribution in [0.4, 0.5) is 0 Å². The maximum absolute atomic E-state index is 11.3. The molecule has 0 aromatic rings. The monoisotopic (exact) mass is 326 g/mol. The summed E-state index contributed by atoms with van der Waals surface area (Å²) in [4.78, 5) is 22.0. The van der Waals surface area contributed by atoms with Crippen molar-refractivity contribution in [3.05, 3.63) is 12.3 Å². The average Bonchev–Trinajstić information content (AvgIpc) is 2.73. The molecule has 0 aromatic heterocycles. The van der Waals surface area contributed by atoms with Gasteiger partial charge in [-0.1, -0.05) is 0 Å². The lowest BCUT2D eigenvalue weighted by Crippen LogP contribution is -2.38. The summed E-state index contributed by atoms with van der Waals surface area (Å²) >= 11 is 0. The molecule has 0 amide bonds. The largest absolute Gasteiger partial charge is 0.495 e. The van der Waals surface area contributed by atoms with E-state index < -0.39 is 5.97 Å². The highest BCUT2D eigenvalue weighted by Gasteiger charge is 2.36. The van der Waals surface area contributed by atoms with Crippen LogP contribution in [0.1, 0.15) is 45.4 Å². The van der Waals surface area contributed by atoms with E-state index in [0.29, 0.717) is 19.4 Å². The van der Waals surface area contributed by atoms with E-state index in [2.05, 4.69) is 0 Å². The maximum Gasteiger partial charge on any atom is 0.333 e. The van der Waals surface area contributed by atoms with Gasteiger partial charge in [0.05, 0.1) is 37.3 Å². The van der Waals surface area contributed by atoms with E-state index in [1.807, 2.05) is 0 Å². The Morgan fingerprint density at radius 2 is 2.13 bits per heavy atom. The van der Waals surface area contributed by atoms with E-state index in [0.717, 1.165) is 38.6 Å². The standard InChI is InChI=1S/C17H26O6/c1-2-20-17(19)9-12-22-14-8-7-13-16(6-4-11-21-13)23-15(14)5-3-10-18/h9-10,12-16H,2-8,11H2,1H3/b12-9+/t13-,14+,15-,16+/m1/s1. The molecule has 0 spiro atoms. The Kier molecular flexibility index (Phi) is 7.55. The van der Waals surface area contributed by atoms with Crippen LogP contribution in [0, 0.1) is 0 Å². The van der Waals surface area contributed by atoms with E-state index in [4.69, 9.17) is 18.9 Å². The summed E-state index contributed by atoms with van der Waals surface area (Å²) < 4.78 is 22.5. The van der Waals surface area contributed by atoms with E-state index in [-0.39, 0.29) is 24.4 Å². The number of carbonyl (C=O) groups excluding carboxylic acids is 2. The molecule has 0 aliphatic carbocycles. The third-order valence-electron chi connectivity index (χ3n) is 4.19. The minimum atomic E-state index is -0.427. The molecule has 0 aromatic carbocycles. The SMILES string of the molecule is CCOC(=O)/C=C/O[C@H]1CC[C@H]2OCCC[C@@H]2O[C@@H]1CCC=O. The molecule has 2 saturated heterocycles. The molecule has 2 aliphatic rings. The van der Waals surface area contributed by atoms with Crippen LogP contribution < -0.4 is 0 Å². The minimum absolute atomic E-state index is 0.0723. The number of fused-ring (bicyclic) bond motifs is 1. The second kappa shape index (κ2) is 9.67. The van der Waals surface area contributed by atoms with Crippen molar-refractivity contribution in [3.8, 4) is 0 Å². The van der Waals surface area contributed by atoms with E-state index in [1.54, 1.807) is 6.92 Å². The fourth-order valence-corrected chi connectivity index (χ4v) is 3.09. The molecule has 2 heterocycles. The summed E-state index contributed by atoms with van der Waals surface area (Å²) in [7, 11) is 0. The quantitative estimate of drug-likeness (QED) is 0.309. The molecule has 130 valence electrons. The number of hydrogen-bond donors (Lipinski definition) is 0. The molecule has 23 heavy (non-hydrogen) atoms. The third-order valence-corrected chi connectivity index (χ3v) is 4.19. The van der Waals surface area contributed by atoms with Gasteiger partial charge in [0.15, 0.2) is 0 Å². The molecule has 0 N–H and O–H groups in total. The summed E-state index contributed by atoms with van der Waals surface area (Å²) in [5.74, 6) is -0.427. The Balaban J connectivity index is 1.95. The fraction of sp³-hybridized carbons (Fsp3) is 0.765. The minimum Gasteiger partial charge on any atom is -0.495 e. The van der Waals surface area contributed by atoms with Gasteiger partial charge in [0.25, 0.3) is 0 Å². The molecule has 0 bridgehead atoms. The highest BCUT2D eigenvalue weighted by Crippen LogP contribution is 2.30. The van der Waals surface area contributed by atoms with Gasteiger partial charge < -0.3 is 23.7 Å². The van der Waals surface area contributed by atoms with E-state index >= 15 is 0 Å². The van der Waals surface area contributed by atoms with Crippen molar-refractivity contribution in [3.63, 3.8) is 0 Å². The van der Waals surface area contributed by atoms with Crippen molar-refractivity contribution in [2.75, 3.05) is 13.2 Å². The van der Waals surface area contributed by atoms with Crippen LogP contribution in [-0.4, -0.2) is 49.9 Å². The van der Waals surface area contributed by atoms with Crippen molar-refractivity contribution >= 4 is 12.3 Å². The summed E-state index contributed by atoms with van der Waals surface area (Å²) in [5.41, 5.74) is 0. The highest BCUT2D eigenvalue weighted by molar-refractivity contribution is 5.81. The maximum atomic E-state index is 11.3. The van der Waals surface area contributed by atoms with Crippen LogP contribution in [-0.2, 0) is 28.5 Å². The second-order valence-electron chi connectivity index (χ2n) is 5.82. The Labute approximate surface area is 137 Å². The van der Waals surface area contributed by atoms with Gasteiger partial charge in [0.2, 0.25) is 0 Å². The van der Waals surface area contributed by atoms with Crippen molar-refractivity contribution in [1.29, 1.82) is 0 Å². The predicted octanol–water partition coefficient (Wildman–Crippen LogP) is 2.15. The van der Waals surface area contributed by atoms with Crippen LogP contribution in [0.3, 0.4) is 0 Å². The smallest absolute Gasteiger partial charge is 0.333 e. The number of carbonyl (C=O) groups is 2. The topological polar surface area (TPSA) is 71.1 Å². The van der Waals surface area contributed by atoms with Gasteiger partial charge in [0, 0.05) is 13.0 Å². The van der Waals surface area contributed by atoms with Crippen molar-refractivity contribution in [2.45, 2.75) is 69.9 Å². The van der Waals surface area contributed by atoms with Crippen LogP contribution in [0.15, 0.2) is 12.3 Å². The number of ether oxygens (including phenoxy) is 4. The molecule has 0 unspecified atom stereocenters. The molecule has 2 rings (SSSR count). The van der Waals surface area contributed by atoms with Gasteiger partial charge in [-0.3, -0.25) is 0 Å². The zero-order valence-electron chi connectivity index (χ0n) is 13.6. The molecule has 0 radical (unpaired) electrons. The predicted molar refractivity (Wildman–Crippen MR) is 82.8 cm³/mol. The first-order chi connectivity index (χ1) is 11.2. The van der Waals surface area contributed by atoms with Gasteiger partial charge in [-0.25, -0.2) is 4.79 Å². The first kappa shape index (κ1) is 17.9. The summed E-state index contributed by atoms with van der Waals surface area (Å²) in [6.07, 6.45) is 8.03. The van der Waals surface area contributed by atoms with Crippen LogP contribution >= 0.6 is 0 Å². The normalized spacial score (nSPS) is 31.2. The number of hydrogen-bond acceptors (Lipinski definition) is 6. The molecule has 2 fully saturated rings. The molecule has 0 saturated carbocycles. The molecular formula is C17H26O6. The van der Waals surface area contributed by atoms with Gasteiger partial charge in [-0.15, -0.1) is 0 Å². The van der Waals surface area contributed by atoms with Gasteiger partial charge in [-0.2, -0.15) is 0 Å². The lowest BCUT2D eigenvalue weighted by Gasteiger charge is -2.32.